The van der Waals surface area contributed by atoms with Gasteiger partial charge in [-0.3, -0.25) is 0 Å². The normalized spacial score (nSPS) is 12.6. The van der Waals surface area contributed by atoms with Crippen LogP contribution in [0.25, 0.3) is 88.8 Å². The van der Waals surface area contributed by atoms with Crippen molar-refractivity contribution < 1.29 is 0 Å². The SMILES string of the molecule is c1ccc(-c2cc(-c3ccccc3-c3ccccc3)nc(-c3ccc(-c4ccc5c(c4)-c4c(ccc6ccccc46)C5(c4ccccc4)c4ccccc4)c4ccccc34)n2)cc1. The number of rotatable bonds is 7. The molecule has 12 rings (SSSR count). The van der Waals surface area contributed by atoms with E-state index >= 15 is 0 Å². The summed E-state index contributed by atoms with van der Waals surface area (Å²) in [6, 6.07) is 87.7. The lowest BCUT2D eigenvalue weighted by Crippen LogP contribution is -2.28. The van der Waals surface area contributed by atoms with Crippen LogP contribution in [0.3, 0.4) is 0 Å². The summed E-state index contributed by atoms with van der Waals surface area (Å²) in [5, 5.41) is 4.77. The van der Waals surface area contributed by atoms with Crippen LogP contribution in [0.4, 0.5) is 0 Å². The third-order valence-electron chi connectivity index (χ3n) is 13.0. The van der Waals surface area contributed by atoms with Crippen molar-refractivity contribution in [3.05, 3.63) is 265 Å². The molecule has 1 aliphatic carbocycles. The van der Waals surface area contributed by atoms with Crippen molar-refractivity contribution in [2.75, 3.05) is 0 Å². The van der Waals surface area contributed by atoms with Gasteiger partial charge >= 0.3 is 0 Å². The van der Waals surface area contributed by atoms with Crippen LogP contribution in [0.2, 0.25) is 0 Å². The first-order valence-corrected chi connectivity index (χ1v) is 21.7. The Morgan fingerprint density at radius 1 is 0.286 bits per heavy atom. The molecule has 0 unspecified atom stereocenters. The summed E-state index contributed by atoms with van der Waals surface area (Å²) < 4.78 is 0. The minimum absolute atomic E-state index is 0.486. The summed E-state index contributed by atoms with van der Waals surface area (Å²) in [5.74, 6) is 0.696. The Hall–Kier alpha value is -8.20. The quantitative estimate of drug-likeness (QED) is 0.160. The largest absolute Gasteiger partial charge is 0.228 e. The molecule has 11 aromatic rings. The van der Waals surface area contributed by atoms with Crippen LogP contribution in [-0.2, 0) is 5.41 Å². The van der Waals surface area contributed by atoms with Gasteiger partial charge in [0.25, 0.3) is 0 Å². The summed E-state index contributed by atoms with van der Waals surface area (Å²) in [7, 11) is 0. The van der Waals surface area contributed by atoms with Crippen molar-refractivity contribution in [3.8, 4) is 67.3 Å². The lowest BCUT2D eigenvalue weighted by Gasteiger charge is -2.34. The number of aromatic nitrogens is 2. The van der Waals surface area contributed by atoms with Gasteiger partial charge in [0.05, 0.1) is 16.8 Å². The summed E-state index contributed by atoms with van der Waals surface area (Å²) in [5.41, 5.74) is 16.7. The van der Waals surface area contributed by atoms with Crippen LogP contribution >= 0.6 is 0 Å². The van der Waals surface area contributed by atoms with Gasteiger partial charge in [-0.2, -0.15) is 0 Å². The van der Waals surface area contributed by atoms with Crippen molar-refractivity contribution in [1.82, 2.24) is 9.97 Å². The van der Waals surface area contributed by atoms with Gasteiger partial charge in [-0.1, -0.05) is 224 Å². The van der Waals surface area contributed by atoms with Crippen LogP contribution in [0, 0.1) is 0 Å². The molecule has 0 N–H and O–H groups in total. The summed E-state index contributed by atoms with van der Waals surface area (Å²) in [4.78, 5) is 10.7. The zero-order valence-electron chi connectivity index (χ0n) is 34.5. The molecule has 1 heterocycles. The minimum atomic E-state index is -0.486. The molecular formula is C61H40N2. The predicted octanol–water partition coefficient (Wildman–Crippen LogP) is 15.5. The van der Waals surface area contributed by atoms with E-state index < -0.39 is 5.41 Å². The van der Waals surface area contributed by atoms with Gasteiger partial charge in [-0.05, 0) is 95.4 Å². The highest BCUT2D eigenvalue weighted by atomic mass is 14.9. The van der Waals surface area contributed by atoms with Crippen LogP contribution in [0.15, 0.2) is 243 Å². The van der Waals surface area contributed by atoms with E-state index in [9.17, 15) is 0 Å². The van der Waals surface area contributed by atoms with Crippen molar-refractivity contribution >= 4 is 21.5 Å². The fourth-order valence-corrected chi connectivity index (χ4v) is 10.2. The van der Waals surface area contributed by atoms with E-state index in [2.05, 4.69) is 237 Å². The van der Waals surface area contributed by atoms with E-state index in [1.165, 1.54) is 55.3 Å². The van der Waals surface area contributed by atoms with E-state index in [4.69, 9.17) is 9.97 Å². The Labute approximate surface area is 367 Å². The van der Waals surface area contributed by atoms with Crippen molar-refractivity contribution in [1.29, 1.82) is 0 Å². The Bertz CT molecular complexity index is 3450. The number of fused-ring (bicyclic) bond motifs is 6. The van der Waals surface area contributed by atoms with Gasteiger partial charge in [0, 0.05) is 16.7 Å². The maximum atomic E-state index is 5.40. The molecule has 294 valence electrons. The molecule has 63 heavy (non-hydrogen) atoms. The van der Waals surface area contributed by atoms with Crippen LogP contribution in [-0.4, -0.2) is 9.97 Å². The third-order valence-corrected chi connectivity index (χ3v) is 13.0. The zero-order chi connectivity index (χ0) is 41.7. The van der Waals surface area contributed by atoms with Crippen molar-refractivity contribution in [2.45, 2.75) is 5.41 Å². The highest BCUT2D eigenvalue weighted by Gasteiger charge is 2.46. The monoisotopic (exact) mass is 800 g/mol. The van der Waals surface area contributed by atoms with Crippen molar-refractivity contribution in [2.24, 2.45) is 0 Å². The Morgan fingerprint density at radius 2 is 0.810 bits per heavy atom. The summed E-state index contributed by atoms with van der Waals surface area (Å²) in [6.07, 6.45) is 0. The Morgan fingerprint density at radius 3 is 1.51 bits per heavy atom. The highest BCUT2D eigenvalue weighted by molar-refractivity contribution is 6.08. The van der Waals surface area contributed by atoms with Gasteiger partial charge in [-0.25, -0.2) is 9.97 Å². The molecule has 2 nitrogen and oxygen atoms in total. The number of hydrogen-bond acceptors (Lipinski definition) is 2. The lowest BCUT2D eigenvalue weighted by atomic mass is 9.67. The molecule has 0 saturated carbocycles. The Kier molecular flexibility index (Phi) is 8.76. The molecule has 0 amide bonds. The molecule has 2 heteroatoms. The second kappa shape index (κ2) is 15.1. The van der Waals surface area contributed by atoms with E-state index in [0.29, 0.717) is 5.82 Å². The lowest BCUT2D eigenvalue weighted by molar-refractivity contribution is 0.769. The zero-order valence-corrected chi connectivity index (χ0v) is 34.5. The summed E-state index contributed by atoms with van der Waals surface area (Å²) >= 11 is 0. The molecule has 10 aromatic carbocycles. The van der Waals surface area contributed by atoms with Crippen LogP contribution in [0.1, 0.15) is 22.3 Å². The van der Waals surface area contributed by atoms with Gasteiger partial charge in [-0.15, -0.1) is 0 Å². The topological polar surface area (TPSA) is 25.8 Å². The molecule has 0 radical (unpaired) electrons. The standard InChI is InChI=1S/C61H40N2/c1-5-19-41(20-6-1)47-28-15-18-32-52(47)58-40-57(43-22-7-2-8-23-43)62-60(63-58)53-36-35-48(50-30-16-17-31-51(50)53)44-34-37-55-54(39-44)59-49-29-14-13-21-42(49)33-38-56(59)61(55,45-24-9-3-10-25-45)46-26-11-4-12-27-46/h1-40H. The molecule has 0 spiro atoms. The predicted molar refractivity (Wildman–Crippen MR) is 262 cm³/mol. The maximum absolute atomic E-state index is 5.40. The molecule has 0 bridgehead atoms. The molecule has 1 aromatic heterocycles. The fraction of sp³-hybridized carbons (Fsp3) is 0.0164. The van der Waals surface area contributed by atoms with Gasteiger partial charge in [0.15, 0.2) is 5.82 Å². The average Bonchev–Trinajstić information content (AvgIpc) is 3.68. The van der Waals surface area contributed by atoms with E-state index in [0.717, 1.165) is 50.0 Å². The molecule has 0 fully saturated rings. The van der Waals surface area contributed by atoms with Crippen LogP contribution in [0.5, 0.6) is 0 Å². The summed E-state index contributed by atoms with van der Waals surface area (Å²) in [6.45, 7) is 0. The van der Waals surface area contributed by atoms with Crippen molar-refractivity contribution in [3.63, 3.8) is 0 Å². The van der Waals surface area contributed by atoms with E-state index in [1.807, 2.05) is 6.07 Å². The second-order valence-corrected chi connectivity index (χ2v) is 16.4. The number of benzene rings is 10. The molecule has 1 aliphatic rings. The average molecular weight is 801 g/mol. The first-order chi connectivity index (χ1) is 31.3. The van der Waals surface area contributed by atoms with E-state index in [-0.39, 0.29) is 0 Å². The van der Waals surface area contributed by atoms with Gasteiger partial charge < -0.3 is 0 Å². The number of hydrogen-bond donors (Lipinski definition) is 0. The van der Waals surface area contributed by atoms with E-state index in [1.54, 1.807) is 0 Å². The Balaban J connectivity index is 1.07. The minimum Gasteiger partial charge on any atom is -0.228 e. The first-order valence-electron chi connectivity index (χ1n) is 21.7. The van der Waals surface area contributed by atoms with Gasteiger partial charge in [0.2, 0.25) is 0 Å². The molecule has 0 atom stereocenters. The molecule has 0 saturated heterocycles. The molecule has 0 aliphatic heterocycles. The van der Waals surface area contributed by atoms with Crippen LogP contribution < -0.4 is 0 Å². The smallest absolute Gasteiger partial charge is 0.161 e. The third kappa shape index (κ3) is 5.95. The van der Waals surface area contributed by atoms with Gasteiger partial charge in [0.1, 0.15) is 0 Å². The number of nitrogens with zero attached hydrogens (tertiary/aromatic N) is 2. The fourth-order valence-electron chi connectivity index (χ4n) is 10.2. The maximum Gasteiger partial charge on any atom is 0.161 e. The molecular weight excluding hydrogens is 761 g/mol. The first kappa shape index (κ1) is 36.6. The second-order valence-electron chi connectivity index (χ2n) is 16.4. The highest BCUT2D eigenvalue weighted by Crippen LogP contribution is 2.58.